The van der Waals surface area contributed by atoms with Gasteiger partial charge in [-0.3, -0.25) is 14.4 Å². The maximum atomic E-state index is 14.3. The predicted octanol–water partition coefficient (Wildman–Crippen LogP) is 5.68. The number of fused-ring (bicyclic) bond motifs is 3. The van der Waals surface area contributed by atoms with Gasteiger partial charge in [0, 0.05) is 22.3 Å². The minimum Gasteiger partial charge on any atom is -0.511 e. The molecule has 7 nitrogen and oxygen atoms in total. The molecule has 41 heavy (non-hydrogen) atoms. The van der Waals surface area contributed by atoms with Gasteiger partial charge < -0.3 is 20.4 Å². The number of aryl methyl sites for hydroxylation is 1. The van der Waals surface area contributed by atoms with Gasteiger partial charge in [0.1, 0.15) is 22.8 Å². The number of carbonyl (C=O) groups is 3. The van der Waals surface area contributed by atoms with Gasteiger partial charge in [0.15, 0.2) is 17.2 Å². The zero-order valence-corrected chi connectivity index (χ0v) is 24.6. The summed E-state index contributed by atoms with van der Waals surface area (Å²) in [6.07, 6.45) is 0.441. The number of hydrogen-bond acceptors (Lipinski definition) is 7. The predicted molar refractivity (Wildman–Crippen MR) is 154 cm³/mol. The first-order valence-corrected chi connectivity index (χ1v) is 14.1. The van der Waals surface area contributed by atoms with Gasteiger partial charge in [0.25, 0.3) is 0 Å². The van der Waals surface area contributed by atoms with E-state index in [-0.39, 0.29) is 22.8 Å². The molecule has 0 saturated heterocycles. The lowest BCUT2D eigenvalue weighted by atomic mass is 9.38. The van der Waals surface area contributed by atoms with E-state index in [9.17, 15) is 34.8 Å². The second-order valence-electron chi connectivity index (χ2n) is 12.9. The van der Waals surface area contributed by atoms with Crippen LogP contribution in [0.4, 0.5) is 0 Å². The average Bonchev–Trinajstić information content (AvgIpc) is 2.89. The molecule has 2 aromatic carbocycles. The van der Waals surface area contributed by atoms with Crippen LogP contribution in [0.15, 0.2) is 65.1 Å². The van der Waals surface area contributed by atoms with Gasteiger partial charge in [-0.25, -0.2) is 0 Å². The Balaban J connectivity index is 1.89. The van der Waals surface area contributed by atoms with Crippen LogP contribution in [-0.2, 0) is 16.0 Å². The molecule has 2 aromatic rings. The minimum absolute atomic E-state index is 0.0249. The highest BCUT2D eigenvalue weighted by Crippen LogP contribution is 2.70. The number of hydrogen-bond donors (Lipinski definition) is 4. The van der Waals surface area contributed by atoms with Crippen LogP contribution < -0.4 is 0 Å². The van der Waals surface area contributed by atoms with Gasteiger partial charge in [-0.15, -0.1) is 0 Å². The summed E-state index contributed by atoms with van der Waals surface area (Å²) in [5.74, 6) is -6.35. The van der Waals surface area contributed by atoms with Gasteiger partial charge in [0.2, 0.25) is 5.78 Å². The molecule has 0 aromatic heterocycles. The highest BCUT2D eigenvalue weighted by atomic mass is 16.3. The van der Waals surface area contributed by atoms with Crippen LogP contribution in [0.5, 0.6) is 5.75 Å². The Morgan fingerprint density at radius 3 is 2.17 bits per heavy atom. The summed E-state index contributed by atoms with van der Waals surface area (Å²) in [5.41, 5.74) is -3.31. The van der Waals surface area contributed by atoms with E-state index in [1.165, 1.54) is 6.07 Å². The Morgan fingerprint density at radius 2 is 1.61 bits per heavy atom. The van der Waals surface area contributed by atoms with Crippen molar-refractivity contribution in [1.82, 2.24) is 0 Å². The van der Waals surface area contributed by atoms with Gasteiger partial charge in [-0.05, 0) is 55.2 Å². The normalized spacial score (nSPS) is 33.0. The molecule has 0 spiro atoms. The van der Waals surface area contributed by atoms with Crippen molar-refractivity contribution in [3.8, 4) is 5.75 Å². The number of phenolic OH excluding ortho intramolecular Hbond substituents is 1. The Morgan fingerprint density at radius 1 is 1.00 bits per heavy atom. The van der Waals surface area contributed by atoms with Crippen LogP contribution in [0.2, 0.25) is 0 Å². The van der Waals surface area contributed by atoms with Gasteiger partial charge >= 0.3 is 0 Å². The lowest BCUT2D eigenvalue weighted by Crippen LogP contribution is -2.71. The molecule has 0 amide bonds. The van der Waals surface area contributed by atoms with Crippen LogP contribution in [0.1, 0.15) is 74.5 Å². The van der Waals surface area contributed by atoms with Crippen molar-refractivity contribution in [3.05, 3.63) is 87.4 Å². The molecule has 0 radical (unpaired) electrons. The highest BCUT2D eigenvalue weighted by Gasteiger charge is 2.75. The second-order valence-corrected chi connectivity index (χ2v) is 12.9. The fourth-order valence-corrected chi connectivity index (χ4v) is 8.43. The average molecular weight is 559 g/mol. The molecule has 3 aliphatic carbocycles. The summed E-state index contributed by atoms with van der Waals surface area (Å²) in [6, 6.07) is 12.9. The number of aliphatic hydroxyl groups excluding tert-OH is 2. The maximum Gasteiger partial charge on any atom is 0.209 e. The number of allylic oxidation sites excluding steroid dienone is 2. The zero-order chi connectivity index (χ0) is 30.4. The number of aromatic hydroxyl groups is 1. The molecule has 6 atom stereocenters. The van der Waals surface area contributed by atoms with Gasteiger partial charge in [0.05, 0.1) is 5.56 Å². The first-order valence-electron chi connectivity index (χ1n) is 14.1. The van der Waals surface area contributed by atoms with Crippen molar-refractivity contribution >= 4 is 17.3 Å². The van der Waals surface area contributed by atoms with Crippen molar-refractivity contribution in [1.29, 1.82) is 0 Å². The Bertz CT molecular complexity index is 1560. The molecule has 0 heterocycles. The molecule has 0 aliphatic heterocycles. The third-order valence-corrected chi connectivity index (χ3v) is 10.7. The second kappa shape index (κ2) is 9.15. The number of Topliss-reactive ketones (excluding diaryl/α,β-unsaturated/α-hetero) is 3. The molecule has 4 N–H and O–H groups in total. The summed E-state index contributed by atoms with van der Waals surface area (Å²) in [7, 11) is 0. The first kappa shape index (κ1) is 28.8. The highest BCUT2D eigenvalue weighted by molar-refractivity contribution is 6.25. The lowest BCUT2D eigenvalue weighted by Gasteiger charge is -2.64. The molecular weight excluding hydrogens is 520 g/mol. The van der Waals surface area contributed by atoms with Crippen molar-refractivity contribution in [3.63, 3.8) is 0 Å². The number of aliphatic hydroxyl groups is 3. The quantitative estimate of drug-likeness (QED) is 0.355. The fourth-order valence-electron chi connectivity index (χ4n) is 8.43. The van der Waals surface area contributed by atoms with Crippen molar-refractivity contribution < 1.29 is 34.8 Å². The van der Waals surface area contributed by atoms with E-state index >= 15 is 0 Å². The van der Waals surface area contributed by atoms with E-state index in [0.717, 1.165) is 18.1 Å². The smallest absolute Gasteiger partial charge is 0.209 e. The third kappa shape index (κ3) is 3.45. The SMILES string of the molecule is CC(=O)C1=C(O)C(C(C)C)[C@@]2(C)[C@H](C)[C@]3(C)C(=C(O)[C@@]2(O)C1=O)C(=O)c1c(O)cccc1[C@H]3Cc1ccc(C)cc1. The fraction of sp³-hybridized carbons (Fsp3) is 0.441. The molecule has 216 valence electrons. The van der Waals surface area contributed by atoms with E-state index in [0.29, 0.717) is 12.0 Å². The van der Waals surface area contributed by atoms with Crippen molar-refractivity contribution in [2.24, 2.45) is 28.6 Å². The van der Waals surface area contributed by atoms with Crippen LogP contribution in [0, 0.1) is 35.5 Å². The molecule has 0 bridgehead atoms. The van der Waals surface area contributed by atoms with E-state index in [4.69, 9.17) is 0 Å². The van der Waals surface area contributed by atoms with E-state index < -0.39 is 68.6 Å². The maximum absolute atomic E-state index is 14.3. The van der Waals surface area contributed by atoms with Crippen LogP contribution in [-0.4, -0.2) is 43.4 Å². The minimum atomic E-state index is -2.66. The number of benzene rings is 2. The molecule has 5 rings (SSSR count). The Labute approximate surface area is 240 Å². The molecule has 7 heteroatoms. The summed E-state index contributed by atoms with van der Waals surface area (Å²) in [5, 5.41) is 46.8. The topological polar surface area (TPSA) is 132 Å². The summed E-state index contributed by atoms with van der Waals surface area (Å²) < 4.78 is 0. The largest absolute Gasteiger partial charge is 0.511 e. The molecule has 0 fully saturated rings. The van der Waals surface area contributed by atoms with Crippen molar-refractivity contribution in [2.75, 3.05) is 0 Å². The standard InChI is InChI=1S/C34H38O7/c1-16(2)26-28(37)24(18(4)35)30(39)34(41)31(40)27-29(38)25-21(9-8-10-23(25)36)22(15-20-13-11-17(3)12-14-20)32(27,6)19(5)33(26,34)7/h8-14,16,19,22,26,36-37,40-41H,15H2,1-7H3/t19-,22-,26?,32+,33-,34+/m1/s1. The van der Waals surface area contributed by atoms with E-state index in [2.05, 4.69) is 0 Å². The number of carbonyl (C=O) groups excluding carboxylic acids is 3. The van der Waals surface area contributed by atoms with Crippen molar-refractivity contribution in [2.45, 2.75) is 66.4 Å². The summed E-state index contributed by atoms with van der Waals surface area (Å²) >= 11 is 0. The third-order valence-electron chi connectivity index (χ3n) is 10.7. The molecule has 3 aliphatic rings. The van der Waals surface area contributed by atoms with Crippen LogP contribution in [0.3, 0.4) is 0 Å². The summed E-state index contributed by atoms with van der Waals surface area (Å²) in [4.78, 5) is 40.9. The number of rotatable bonds is 4. The van der Waals surface area contributed by atoms with E-state index in [1.54, 1.807) is 19.1 Å². The Kier molecular flexibility index (Phi) is 6.43. The molecule has 1 unspecified atom stereocenters. The first-order chi connectivity index (χ1) is 19.1. The summed E-state index contributed by atoms with van der Waals surface area (Å²) in [6.45, 7) is 12.1. The molecular formula is C34H38O7. The van der Waals surface area contributed by atoms with E-state index in [1.807, 2.05) is 58.9 Å². The Hall–Kier alpha value is -3.71. The number of phenols is 1. The van der Waals surface area contributed by atoms with Gasteiger partial charge in [-0.1, -0.05) is 76.6 Å². The molecule has 0 saturated carbocycles. The number of ketones is 3. The lowest BCUT2D eigenvalue weighted by molar-refractivity contribution is -0.189. The monoisotopic (exact) mass is 558 g/mol. The zero-order valence-electron chi connectivity index (χ0n) is 24.6. The van der Waals surface area contributed by atoms with Crippen LogP contribution in [0.25, 0.3) is 0 Å². The van der Waals surface area contributed by atoms with Crippen LogP contribution >= 0.6 is 0 Å². The van der Waals surface area contributed by atoms with Gasteiger partial charge in [-0.2, -0.15) is 0 Å².